The lowest BCUT2D eigenvalue weighted by Gasteiger charge is -2.35. The third-order valence-electron chi connectivity index (χ3n) is 10.8. The molecule has 4 amide bonds. The molecule has 3 aromatic rings. The number of nitrogens with zero attached hydrogens (tertiary/aromatic N) is 3. The standard InChI is InChI=1S/C44H59N9O4S2/c1-43(2,3)35(49-41(45)58)39(56)52-24-10-14-33(52)37(54)47-30-20-16-28(17-21-30)26-51(32-12-8-7-9-13-32)27-29-18-22-31(23-19-29)48-38(55)34-15-11-25-53(34)40(57)36(44(4,5)6)50-42(46)59/h7-9,12-13,16-23,33-36H,10-11,14-15,24-27H2,1-6H3,(H,47,54)(H,48,55)(H3,45,49,58)(H3,46,50,59). The maximum Gasteiger partial charge on any atom is 0.247 e. The van der Waals surface area contributed by atoms with E-state index in [1.165, 1.54) is 0 Å². The fraction of sp³-hybridized carbons (Fsp3) is 0.455. The number of anilines is 3. The second-order valence-electron chi connectivity index (χ2n) is 17.6. The summed E-state index contributed by atoms with van der Waals surface area (Å²) in [5.41, 5.74) is 15.0. The number of likely N-dealkylation sites (tertiary alicyclic amines) is 2. The lowest BCUT2D eigenvalue weighted by molar-refractivity contribution is -0.140. The monoisotopic (exact) mass is 841 g/mol. The highest BCUT2D eigenvalue weighted by Gasteiger charge is 2.43. The average molecular weight is 842 g/mol. The van der Waals surface area contributed by atoms with Gasteiger partial charge in [0.1, 0.15) is 24.2 Å². The first-order chi connectivity index (χ1) is 27.8. The molecule has 0 radical (unpaired) electrons. The molecule has 5 rings (SSSR count). The smallest absolute Gasteiger partial charge is 0.247 e. The van der Waals surface area contributed by atoms with Crippen molar-refractivity contribution in [1.29, 1.82) is 0 Å². The third-order valence-corrected chi connectivity index (χ3v) is 11.0. The lowest BCUT2D eigenvalue weighted by atomic mass is 9.85. The Morgan fingerprint density at radius 1 is 0.644 bits per heavy atom. The Labute approximate surface area is 359 Å². The van der Waals surface area contributed by atoms with Crippen LogP contribution in [-0.4, -0.2) is 80.9 Å². The minimum absolute atomic E-state index is 0.0456. The molecular weight excluding hydrogens is 783 g/mol. The van der Waals surface area contributed by atoms with Crippen LogP contribution in [0.2, 0.25) is 0 Å². The van der Waals surface area contributed by atoms with Crippen molar-refractivity contribution in [3.8, 4) is 0 Å². The molecule has 59 heavy (non-hydrogen) atoms. The molecule has 0 aromatic heterocycles. The summed E-state index contributed by atoms with van der Waals surface area (Å²) in [7, 11) is 0. The van der Waals surface area contributed by atoms with Crippen molar-refractivity contribution in [2.75, 3.05) is 28.6 Å². The minimum Gasteiger partial charge on any atom is -0.376 e. The zero-order chi connectivity index (χ0) is 43.1. The van der Waals surface area contributed by atoms with Gasteiger partial charge in [0.25, 0.3) is 0 Å². The van der Waals surface area contributed by atoms with Crippen LogP contribution >= 0.6 is 24.4 Å². The fourth-order valence-corrected chi connectivity index (χ4v) is 7.91. The number of amides is 4. The summed E-state index contributed by atoms with van der Waals surface area (Å²) in [5, 5.41) is 12.0. The molecule has 2 aliphatic rings. The Balaban J connectivity index is 1.22. The second kappa shape index (κ2) is 19.2. The average Bonchev–Trinajstić information content (AvgIpc) is 3.88. The Bertz CT molecular complexity index is 1860. The van der Waals surface area contributed by atoms with Crippen molar-refractivity contribution in [3.63, 3.8) is 0 Å². The first-order valence-corrected chi connectivity index (χ1v) is 21.0. The van der Waals surface area contributed by atoms with Crippen LogP contribution in [0.4, 0.5) is 17.1 Å². The van der Waals surface area contributed by atoms with Crippen molar-refractivity contribution < 1.29 is 19.2 Å². The van der Waals surface area contributed by atoms with Gasteiger partial charge in [0, 0.05) is 43.2 Å². The van der Waals surface area contributed by atoms with E-state index in [0.717, 1.165) is 29.7 Å². The van der Waals surface area contributed by atoms with Crippen LogP contribution < -0.4 is 37.6 Å². The van der Waals surface area contributed by atoms with Crippen molar-refractivity contribution >= 4 is 75.4 Å². The molecule has 2 aliphatic heterocycles. The van der Waals surface area contributed by atoms with Gasteiger partial charge in [-0.3, -0.25) is 19.2 Å². The number of hydrogen-bond donors (Lipinski definition) is 6. The minimum atomic E-state index is -0.655. The molecule has 0 spiro atoms. The van der Waals surface area contributed by atoms with E-state index < -0.39 is 35.0 Å². The number of carbonyl (C=O) groups excluding carboxylic acids is 4. The summed E-state index contributed by atoms with van der Waals surface area (Å²) >= 11 is 10.1. The Morgan fingerprint density at radius 3 is 1.36 bits per heavy atom. The van der Waals surface area contributed by atoms with Gasteiger partial charge in [0.2, 0.25) is 23.6 Å². The molecule has 8 N–H and O–H groups in total. The summed E-state index contributed by atoms with van der Waals surface area (Å²) in [6.07, 6.45) is 2.59. The Kier molecular flexibility index (Phi) is 14.6. The Morgan fingerprint density at radius 2 is 1.02 bits per heavy atom. The maximum atomic E-state index is 13.6. The van der Waals surface area contributed by atoms with Gasteiger partial charge >= 0.3 is 0 Å². The lowest BCUT2D eigenvalue weighted by Crippen LogP contribution is -2.58. The van der Waals surface area contributed by atoms with Crippen molar-refractivity contribution in [3.05, 3.63) is 90.0 Å². The summed E-state index contributed by atoms with van der Waals surface area (Å²) in [4.78, 5) is 59.8. The largest absolute Gasteiger partial charge is 0.376 e. The normalized spacial score (nSPS) is 17.7. The van der Waals surface area contributed by atoms with Crippen LogP contribution in [0, 0.1) is 10.8 Å². The molecule has 13 nitrogen and oxygen atoms in total. The zero-order valence-electron chi connectivity index (χ0n) is 34.9. The van der Waals surface area contributed by atoms with Crippen LogP contribution in [0.25, 0.3) is 0 Å². The van der Waals surface area contributed by atoms with Crippen LogP contribution in [0.3, 0.4) is 0 Å². The van der Waals surface area contributed by atoms with Gasteiger partial charge in [-0.2, -0.15) is 0 Å². The molecular formula is C44H59N9O4S2. The van der Waals surface area contributed by atoms with Crippen LogP contribution in [0.5, 0.6) is 0 Å². The number of thiocarbonyl (C=S) groups is 2. The van der Waals surface area contributed by atoms with Gasteiger partial charge in [-0.15, -0.1) is 0 Å². The van der Waals surface area contributed by atoms with E-state index in [0.29, 0.717) is 50.4 Å². The molecule has 3 aromatic carbocycles. The molecule has 2 heterocycles. The van der Waals surface area contributed by atoms with Gasteiger partial charge in [-0.25, -0.2) is 0 Å². The maximum absolute atomic E-state index is 13.6. The summed E-state index contributed by atoms with van der Waals surface area (Å²) in [6, 6.07) is 23.1. The fourth-order valence-electron chi connectivity index (χ4n) is 7.68. The van der Waals surface area contributed by atoms with Crippen molar-refractivity contribution in [2.45, 2.75) is 104 Å². The number of carbonyl (C=O) groups is 4. The predicted molar refractivity (Wildman–Crippen MR) is 242 cm³/mol. The number of rotatable bonds is 13. The van der Waals surface area contributed by atoms with Crippen LogP contribution in [0.15, 0.2) is 78.9 Å². The van der Waals surface area contributed by atoms with Gasteiger partial charge in [0.05, 0.1) is 0 Å². The van der Waals surface area contributed by atoms with E-state index in [-0.39, 0.29) is 33.9 Å². The predicted octanol–water partition coefficient (Wildman–Crippen LogP) is 5.25. The van der Waals surface area contributed by atoms with Gasteiger partial charge in [0.15, 0.2) is 10.2 Å². The summed E-state index contributed by atoms with van der Waals surface area (Å²) in [5.74, 6) is -0.851. The summed E-state index contributed by atoms with van der Waals surface area (Å²) in [6.45, 7) is 13.8. The molecule has 4 unspecified atom stereocenters. The Hall–Kier alpha value is -5.28. The van der Waals surface area contributed by atoms with E-state index in [9.17, 15) is 19.2 Å². The van der Waals surface area contributed by atoms with Gasteiger partial charge < -0.3 is 47.4 Å². The highest BCUT2D eigenvalue weighted by molar-refractivity contribution is 7.80. The molecule has 15 heteroatoms. The van der Waals surface area contributed by atoms with E-state index in [4.69, 9.17) is 35.9 Å². The summed E-state index contributed by atoms with van der Waals surface area (Å²) < 4.78 is 0. The molecule has 0 bridgehead atoms. The number of nitrogens with two attached hydrogens (primary N) is 2. The molecule has 0 saturated carbocycles. The highest BCUT2D eigenvalue weighted by Crippen LogP contribution is 2.29. The molecule has 316 valence electrons. The van der Waals surface area contributed by atoms with Crippen LogP contribution in [0.1, 0.15) is 78.4 Å². The molecule has 4 atom stereocenters. The number of nitrogens with one attached hydrogen (secondary N) is 4. The highest BCUT2D eigenvalue weighted by atomic mass is 32.1. The van der Waals surface area contributed by atoms with E-state index in [1.807, 2.05) is 108 Å². The molecule has 2 fully saturated rings. The van der Waals surface area contributed by atoms with E-state index >= 15 is 0 Å². The number of hydrogen-bond acceptors (Lipinski definition) is 7. The van der Waals surface area contributed by atoms with E-state index in [2.05, 4.69) is 38.3 Å². The van der Waals surface area contributed by atoms with E-state index in [1.54, 1.807) is 9.80 Å². The number of para-hydroxylation sites is 1. The first kappa shape index (κ1) is 44.8. The van der Waals surface area contributed by atoms with Gasteiger partial charge in [-0.05, 0) is 108 Å². The second-order valence-corrected chi connectivity index (χ2v) is 18.4. The first-order valence-electron chi connectivity index (χ1n) is 20.1. The molecule has 2 saturated heterocycles. The molecule has 0 aliphatic carbocycles. The SMILES string of the molecule is CC(C)(C)C(NC(N)=S)C(=O)N1CCCC1C(=O)Nc1ccc(CN(Cc2ccc(NC(=O)C3CCCN3C(=O)C(NC(N)=S)C(C)(C)C)cc2)c2ccccc2)cc1. The zero-order valence-corrected chi connectivity index (χ0v) is 36.6. The van der Waals surface area contributed by atoms with Crippen molar-refractivity contribution in [1.82, 2.24) is 20.4 Å². The third kappa shape index (κ3) is 11.9. The topological polar surface area (TPSA) is 178 Å². The van der Waals surface area contributed by atoms with Gasteiger partial charge in [-0.1, -0.05) is 84.0 Å². The van der Waals surface area contributed by atoms with Crippen molar-refractivity contribution in [2.24, 2.45) is 22.3 Å². The van der Waals surface area contributed by atoms with Crippen LogP contribution in [-0.2, 0) is 32.3 Å². The quantitative estimate of drug-likeness (QED) is 0.124. The number of benzene rings is 3.